The molecule has 5 heteroatoms. The molecule has 1 N–H and O–H groups in total. The lowest BCUT2D eigenvalue weighted by molar-refractivity contribution is -0.140. The maximum Gasteiger partial charge on any atom is 0.295 e. The highest BCUT2D eigenvalue weighted by Crippen LogP contribution is 2.38. The van der Waals surface area contributed by atoms with Crippen LogP contribution in [0.4, 0.5) is 0 Å². The molecule has 1 aliphatic rings. The Morgan fingerprint density at radius 1 is 1.00 bits per heavy atom. The predicted molar refractivity (Wildman–Crippen MR) is 100 cm³/mol. The summed E-state index contributed by atoms with van der Waals surface area (Å²) < 4.78 is 0. The zero-order chi connectivity index (χ0) is 18.7. The van der Waals surface area contributed by atoms with E-state index in [1.54, 1.807) is 29.2 Å². The smallest absolute Gasteiger partial charge is 0.295 e. The van der Waals surface area contributed by atoms with Crippen molar-refractivity contribution in [1.29, 1.82) is 0 Å². The number of hydrogen-bond acceptors (Lipinski definition) is 4. The molecule has 0 saturated carbocycles. The predicted octanol–water partition coefficient (Wildman–Crippen LogP) is 2.67. The van der Waals surface area contributed by atoms with Crippen LogP contribution >= 0.6 is 0 Å². The number of hydrogen-bond donors (Lipinski definition) is 1. The van der Waals surface area contributed by atoms with Crippen LogP contribution in [0.3, 0.4) is 0 Å². The molecule has 0 aliphatic carbocycles. The average Bonchev–Trinajstić information content (AvgIpc) is 2.91. The molecule has 0 unspecified atom stereocenters. The molecule has 1 aliphatic heterocycles. The Hall–Kier alpha value is -2.92. The van der Waals surface area contributed by atoms with E-state index in [-0.39, 0.29) is 11.3 Å². The third-order valence-corrected chi connectivity index (χ3v) is 4.49. The van der Waals surface area contributed by atoms with Crippen LogP contribution in [-0.2, 0) is 9.59 Å². The molecule has 0 aromatic heterocycles. The van der Waals surface area contributed by atoms with Crippen LogP contribution in [0.1, 0.15) is 17.2 Å². The molecular weight excluding hydrogens is 328 g/mol. The van der Waals surface area contributed by atoms with E-state index in [2.05, 4.69) is 0 Å². The summed E-state index contributed by atoms with van der Waals surface area (Å²) in [7, 11) is 3.83. The Morgan fingerprint density at radius 2 is 1.58 bits per heavy atom. The number of amides is 1. The number of aliphatic hydroxyl groups is 1. The fourth-order valence-electron chi connectivity index (χ4n) is 3.15. The van der Waals surface area contributed by atoms with Gasteiger partial charge in [0.2, 0.25) is 0 Å². The quantitative estimate of drug-likeness (QED) is 0.512. The monoisotopic (exact) mass is 350 g/mol. The summed E-state index contributed by atoms with van der Waals surface area (Å²) in [5.41, 5.74) is 1.48. The summed E-state index contributed by atoms with van der Waals surface area (Å²) in [6.07, 6.45) is 0. The first-order valence-corrected chi connectivity index (χ1v) is 8.54. The van der Waals surface area contributed by atoms with Crippen molar-refractivity contribution in [3.63, 3.8) is 0 Å². The van der Waals surface area contributed by atoms with Gasteiger partial charge in [0.1, 0.15) is 5.76 Å². The zero-order valence-electron chi connectivity index (χ0n) is 14.9. The standard InChI is InChI=1S/C21H22N2O3/c1-22(2)13-14-23-18(15-9-5-3-6-10-15)17(20(25)21(23)26)19(24)16-11-7-4-8-12-16/h3-12,18,24H,13-14H2,1-2H3/t18-/m1/s1. The molecule has 1 amide bonds. The highest BCUT2D eigenvalue weighted by atomic mass is 16.3. The van der Waals surface area contributed by atoms with Gasteiger partial charge in [-0.3, -0.25) is 9.59 Å². The number of likely N-dealkylation sites (tertiary alicyclic amines) is 1. The largest absolute Gasteiger partial charge is 0.507 e. The van der Waals surface area contributed by atoms with Gasteiger partial charge in [-0.25, -0.2) is 0 Å². The molecule has 5 nitrogen and oxygen atoms in total. The summed E-state index contributed by atoms with van der Waals surface area (Å²) in [6, 6.07) is 17.6. The number of likely N-dealkylation sites (N-methyl/N-ethyl adjacent to an activating group) is 1. The van der Waals surface area contributed by atoms with E-state index in [9.17, 15) is 14.7 Å². The Kier molecular flexibility index (Phi) is 5.19. The number of carbonyl (C=O) groups excluding carboxylic acids is 2. The van der Waals surface area contributed by atoms with Crippen molar-refractivity contribution in [3.8, 4) is 0 Å². The van der Waals surface area contributed by atoms with Crippen LogP contribution in [0.25, 0.3) is 5.76 Å². The molecule has 1 saturated heterocycles. The SMILES string of the molecule is CN(C)CCN1C(=O)C(=O)C(=C(O)c2ccccc2)[C@H]1c1ccccc1. The van der Waals surface area contributed by atoms with Crippen molar-refractivity contribution in [2.45, 2.75) is 6.04 Å². The Balaban J connectivity index is 2.12. The van der Waals surface area contributed by atoms with Crippen molar-refractivity contribution in [2.24, 2.45) is 0 Å². The minimum absolute atomic E-state index is 0.134. The number of ketones is 1. The summed E-state index contributed by atoms with van der Waals surface area (Å²) in [5, 5.41) is 10.8. The molecule has 2 aromatic carbocycles. The van der Waals surface area contributed by atoms with Gasteiger partial charge in [-0.2, -0.15) is 0 Å². The number of aliphatic hydroxyl groups excluding tert-OH is 1. The Labute approximate surface area is 153 Å². The molecule has 1 heterocycles. The normalized spacial score (nSPS) is 19.3. The lowest BCUT2D eigenvalue weighted by Crippen LogP contribution is -2.35. The number of carbonyl (C=O) groups is 2. The summed E-state index contributed by atoms with van der Waals surface area (Å²) in [5.74, 6) is -1.35. The third-order valence-electron chi connectivity index (χ3n) is 4.49. The number of benzene rings is 2. The van der Waals surface area contributed by atoms with E-state index in [1.807, 2.05) is 55.4 Å². The van der Waals surface area contributed by atoms with Gasteiger partial charge in [0.15, 0.2) is 0 Å². The molecule has 0 spiro atoms. The van der Waals surface area contributed by atoms with Gasteiger partial charge in [0.25, 0.3) is 11.7 Å². The first-order valence-electron chi connectivity index (χ1n) is 8.54. The average molecular weight is 350 g/mol. The zero-order valence-corrected chi connectivity index (χ0v) is 14.9. The highest BCUT2D eigenvalue weighted by molar-refractivity contribution is 6.46. The van der Waals surface area contributed by atoms with E-state index < -0.39 is 17.7 Å². The van der Waals surface area contributed by atoms with Gasteiger partial charge in [0, 0.05) is 18.7 Å². The van der Waals surface area contributed by atoms with Crippen LogP contribution in [0.2, 0.25) is 0 Å². The lowest BCUT2D eigenvalue weighted by atomic mass is 9.95. The lowest BCUT2D eigenvalue weighted by Gasteiger charge is -2.26. The molecule has 0 radical (unpaired) electrons. The fraction of sp³-hybridized carbons (Fsp3) is 0.238. The molecule has 0 bridgehead atoms. The Bertz CT molecular complexity index is 829. The molecule has 3 rings (SSSR count). The van der Waals surface area contributed by atoms with Crippen LogP contribution in [0.15, 0.2) is 66.2 Å². The van der Waals surface area contributed by atoms with Crippen molar-refractivity contribution in [2.75, 3.05) is 27.2 Å². The van der Waals surface area contributed by atoms with E-state index >= 15 is 0 Å². The number of nitrogens with zero attached hydrogens (tertiary/aromatic N) is 2. The summed E-state index contributed by atoms with van der Waals surface area (Å²) in [6.45, 7) is 1.03. The van der Waals surface area contributed by atoms with E-state index in [0.29, 0.717) is 18.7 Å². The second-order valence-electron chi connectivity index (χ2n) is 6.57. The topological polar surface area (TPSA) is 60.9 Å². The molecule has 1 atom stereocenters. The minimum Gasteiger partial charge on any atom is -0.507 e. The van der Waals surface area contributed by atoms with Gasteiger partial charge in [-0.15, -0.1) is 0 Å². The molecule has 134 valence electrons. The summed E-state index contributed by atoms with van der Waals surface area (Å²) >= 11 is 0. The maximum atomic E-state index is 12.7. The third kappa shape index (κ3) is 3.39. The van der Waals surface area contributed by atoms with Gasteiger partial charge in [-0.1, -0.05) is 60.7 Å². The molecule has 2 aromatic rings. The first kappa shape index (κ1) is 17.9. The maximum absolute atomic E-state index is 12.7. The van der Waals surface area contributed by atoms with Crippen LogP contribution in [-0.4, -0.2) is 53.8 Å². The molecular formula is C21H22N2O3. The van der Waals surface area contributed by atoms with Crippen LogP contribution < -0.4 is 0 Å². The van der Waals surface area contributed by atoms with Crippen molar-refractivity contribution < 1.29 is 14.7 Å². The van der Waals surface area contributed by atoms with E-state index in [1.165, 1.54) is 0 Å². The van der Waals surface area contributed by atoms with Crippen molar-refractivity contribution in [1.82, 2.24) is 9.80 Å². The molecule has 26 heavy (non-hydrogen) atoms. The number of rotatable bonds is 5. The van der Waals surface area contributed by atoms with Crippen molar-refractivity contribution in [3.05, 3.63) is 77.4 Å². The number of Topliss-reactive ketones (excluding diaryl/α,β-unsaturated/α-hetero) is 1. The van der Waals surface area contributed by atoms with Gasteiger partial charge in [0.05, 0.1) is 11.6 Å². The summed E-state index contributed by atoms with van der Waals surface area (Å²) in [4.78, 5) is 28.9. The van der Waals surface area contributed by atoms with E-state index in [0.717, 1.165) is 5.56 Å². The van der Waals surface area contributed by atoms with Crippen LogP contribution in [0.5, 0.6) is 0 Å². The second kappa shape index (κ2) is 7.54. The van der Waals surface area contributed by atoms with Gasteiger partial charge < -0.3 is 14.9 Å². The second-order valence-corrected chi connectivity index (χ2v) is 6.57. The van der Waals surface area contributed by atoms with Gasteiger partial charge >= 0.3 is 0 Å². The molecule has 1 fully saturated rings. The van der Waals surface area contributed by atoms with Gasteiger partial charge in [-0.05, 0) is 19.7 Å². The minimum atomic E-state index is -0.640. The van der Waals surface area contributed by atoms with Crippen LogP contribution in [0, 0.1) is 0 Å². The first-order chi connectivity index (χ1) is 12.5. The van der Waals surface area contributed by atoms with E-state index in [4.69, 9.17) is 0 Å². The fourth-order valence-corrected chi connectivity index (χ4v) is 3.15. The highest BCUT2D eigenvalue weighted by Gasteiger charge is 2.45. The van der Waals surface area contributed by atoms with Crippen molar-refractivity contribution >= 4 is 17.4 Å². The Morgan fingerprint density at radius 3 is 2.15 bits per heavy atom.